The number of carboxylic acid groups (broad SMARTS) is 1. The molecule has 2 aliphatic rings. The van der Waals surface area contributed by atoms with Crippen molar-refractivity contribution in [2.75, 3.05) is 13.2 Å². The van der Waals surface area contributed by atoms with Crippen LogP contribution in [0.2, 0.25) is 0 Å². The number of rotatable bonds is 9. The van der Waals surface area contributed by atoms with Gasteiger partial charge in [0.1, 0.15) is 18.2 Å². The van der Waals surface area contributed by atoms with Crippen molar-refractivity contribution in [2.45, 2.75) is 44.2 Å². The summed E-state index contributed by atoms with van der Waals surface area (Å²) in [7, 11) is 0. The number of benzene rings is 2. The van der Waals surface area contributed by atoms with Crippen molar-refractivity contribution in [3.63, 3.8) is 0 Å². The molecule has 0 aliphatic heterocycles. The largest absolute Gasteiger partial charge is 0.480 e. The third-order valence-corrected chi connectivity index (χ3v) is 6.53. The van der Waals surface area contributed by atoms with Gasteiger partial charge in [-0.3, -0.25) is 9.59 Å². The summed E-state index contributed by atoms with van der Waals surface area (Å²) in [5.41, 5.74) is 3.18. The van der Waals surface area contributed by atoms with E-state index in [4.69, 9.17) is 9.84 Å². The first-order chi connectivity index (χ1) is 16.7. The molecule has 0 radical (unpaired) electrons. The molecule has 3 amide bonds. The SMILES string of the molecule is CC(C)[C@H](NC(=O)OCC1c2ccccc2-c2ccccc21)C(=O)NCC(=O)NC1(C(=O)O)CC1. The Morgan fingerprint density at radius 3 is 2.09 bits per heavy atom. The molecule has 2 aromatic rings. The van der Waals surface area contributed by atoms with Gasteiger partial charge >= 0.3 is 12.1 Å². The molecule has 9 nitrogen and oxygen atoms in total. The topological polar surface area (TPSA) is 134 Å². The lowest BCUT2D eigenvalue weighted by Crippen LogP contribution is -2.53. The summed E-state index contributed by atoms with van der Waals surface area (Å²) in [4.78, 5) is 48.5. The number of aliphatic carboxylic acids is 1. The van der Waals surface area contributed by atoms with E-state index < -0.39 is 35.5 Å². The lowest BCUT2D eigenvalue weighted by Gasteiger charge is -2.22. The fourth-order valence-electron chi connectivity index (χ4n) is 4.41. The van der Waals surface area contributed by atoms with E-state index in [0.717, 1.165) is 22.3 Å². The van der Waals surface area contributed by atoms with E-state index in [9.17, 15) is 19.2 Å². The highest BCUT2D eigenvalue weighted by Gasteiger charge is 2.51. The third kappa shape index (κ3) is 5.13. The predicted molar refractivity (Wildman–Crippen MR) is 128 cm³/mol. The van der Waals surface area contributed by atoms with E-state index in [1.165, 1.54) is 0 Å². The molecular formula is C26H29N3O6. The zero-order chi connectivity index (χ0) is 25.2. The van der Waals surface area contributed by atoms with E-state index in [1.807, 2.05) is 48.5 Å². The minimum Gasteiger partial charge on any atom is -0.480 e. The average Bonchev–Trinajstić information content (AvgIpc) is 3.55. The third-order valence-electron chi connectivity index (χ3n) is 6.53. The van der Waals surface area contributed by atoms with Crippen molar-refractivity contribution in [2.24, 2.45) is 5.92 Å². The van der Waals surface area contributed by atoms with Crippen LogP contribution in [-0.4, -0.2) is 53.7 Å². The van der Waals surface area contributed by atoms with Gasteiger partial charge in [-0.15, -0.1) is 0 Å². The number of hydrogen-bond acceptors (Lipinski definition) is 5. The van der Waals surface area contributed by atoms with Crippen molar-refractivity contribution in [1.82, 2.24) is 16.0 Å². The number of carboxylic acids is 1. The number of hydrogen-bond donors (Lipinski definition) is 4. The van der Waals surface area contributed by atoms with Gasteiger partial charge in [-0.05, 0) is 41.0 Å². The molecule has 2 aliphatic carbocycles. The highest BCUT2D eigenvalue weighted by atomic mass is 16.5. The monoisotopic (exact) mass is 479 g/mol. The molecule has 0 saturated heterocycles. The van der Waals surface area contributed by atoms with Crippen LogP contribution in [0.1, 0.15) is 43.7 Å². The van der Waals surface area contributed by atoms with Gasteiger partial charge < -0.3 is 25.8 Å². The van der Waals surface area contributed by atoms with Crippen LogP contribution in [0.15, 0.2) is 48.5 Å². The zero-order valence-corrected chi connectivity index (χ0v) is 19.7. The Balaban J connectivity index is 1.32. The average molecular weight is 480 g/mol. The van der Waals surface area contributed by atoms with Crippen LogP contribution in [0.5, 0.6) is 0 Å². The highest BCUT2D eigenvalue weighted by Crippen LogP contribution is 2.44. The van der Waals surface area contributed by atoms with E-state index in [0.29, 0.717) is 12.8 Å². The first-order valence-electron chi connectivity index (χ1n) is 11.7. The summed E-state index contributed by atoms with van der Waals surface area (Å²) in [6, 6.07) is 15.1. The number of alkyl carbamates (subject to hydrolysis) is 1. The van der Waals surface area contributed by atoms with Gasteiger partial charge in [0.15, 0.2) is 0 Å². The Labute approximate surface area is 203 Å². The summed E-state index contributed by atoms with van der Waals surface area (Å²) in [6.45, 7) is 3.25. The van der Waals surface area contributed by atoms with Crippen molar-refractivity contribution in [3.8, 4) is 11.1 Å². The maximum absolute atomic E-state index is 12.6. The van der Waals surface area contributed by atoms with E-state index >= 15 is 0 Å². The maximum atomic E-state index is 12.6. The van der Waals surface area contributed by atoms with Gasteiger partial charge in [-0.1, -0.05) is 62.4 Å². The minimum atomic E-state index is -1.22. The Morgan fingerprint density at radius 1 is 1.00 bits per heavy atom. The van der Waals surface area contributed by atoms with Crippen molar-refractivity contribution in [1.29, 1.82) is 0 Å². The molecule has 4 N–H and O–H groups in total. The minimum absolute atomic E-state index is 0.104. The molecule has 1 saturated carbocycles. The van der Waals surface area contributed by atoms with Gasteiger partial charge in [0, 0.05) is 5.92 Å². The van der Waals surface area contributed by atoms with Crippen LogP contribution >= 0.6 is 0 Å². The lowest BCUT2D eigenvalue weighted by atomic mass is 9.98. The number of carbonyl (C=O) groups is 4. The number of carbonyl (C=O) groups excluding carboxylic acids is 3. The fourth-order valence-corrected chi connectivity index (χ4v) is 4.41. The molecule has 0 bridgehead atoms. The molecule has 35 heavy (non-hydrogen) atoms. The van der Waals surface area contributed by atoms with Gasteiger partial charge in [-0.2, -0.15) is 0 Å². The Morgan fingerprint density at radius 2 is 1.57 bits per heavy atom. The summed E-state index contributed by atoms with van der Waals surface area (Å²) in [5.74, 6) is -2.61. The Kier molecular flexibility index (Phi) is 6.77. The van der Waals surface area contributed by atoms with Gasteiger partial charge in [0.25, 0.3) is 0 Å². The van der Waals surface area contributed by atoms with Crippen LogP contribution in [0, 0.1) is 5.92 Å². The molecule has 4 rings (SSSR count). The number of amides is 3. The molecule has 9 heteroatoms. The Hall–Kier alpha value is -3.88. The molecule has 1 atom stereocenters. The molecule has 0 aromatic heterocycles. The van der Waals surface area contributed by atoms with Crippen molar-refractivity contribution >= 4 is 23.9 Å². The van der Waals surface area contributed by atoms with Gasteiger partial charge in [0.2, 0.25) is 11.8 Å². The number of ether oxygens (including phenoxy) is 1. The summed E-state index contributed by atoms with van der Waals surface area (Å²) in [6.07, 6.45) is -0.00655. The molecule has 2 aromatic carbocycles. The first kappa shape index (κ1) is 24.3. The zero-order valence-electron chi connectivity index (χ0n) is 19.7. The van der Waals surface area contributed by atoms with Crippen molar-refractivity contribution < 1.29 is 29.0 Å². The molecule has 0 unspecified atom stereocenters. The molecule has 184 valence electrons. The summed E-state index contributed by atoms with van der Waals surface area (Å²) < 4.78 is 5.52. The van der Waals surface area contributed by atoms with Crippen LogP contribution < -0.4 is 16.0 Å². The summed E-state index contributed by atoms with van der Waals surface area (Å²) >= 11 is 0. The summed E-state index contributed by atoms with van der Waals surface area (Å²) in [5, 5.41) is 16.7. The lowest BCUT2D eigenvalue weighted by molar-refractivity contribution is -0.143. The highest BCUT2D eigenvalue weighted by molar-refractivity contribution is 5.93. The first-order valence-corrected chi connectivity index (χ1v) is 11.7. The van der Waals surface area contributed by atoms with E-state index in [2.05, 4.69) is 16.0 Å². The molecular weight excluding hydrogens is 450 g/mol. The van der Waals surface area contributed by atoms with Gasteiger partial charge in [-0.25, -0.2) is 9.59 Å². The van der Waals surface area contributed by atoms with E-state index in [-0.39, 0.29) is 25.0 Å². The second kappa shape index (κ2) is 9.77. The fraction of sp³-hybridized carbons (Fsp3) is 0.385. The predicted octanol–water partition coefficient (Wildman–Crippen LogP) is 2.40. The standard InChI is InChI=1S/C26H29N3O6/c1-15(2)22(23(31)27-13-21(30)29-26(11-12-26)24(32)33)28-25(34)35-14-20-18-9-5-3-7-16(18)17-8-4-6-10-19(17)20/h3-10,15,20,22H,11-14H2,1-2H3,(H,27,31)(H,28,34)(H,29,30)(H,32,33)/t22-/m0/s1. The van der Waals surface area contributed by atoms with Crippen LogP contribution in [0.3, 0.4) is 0 Å². The normalized spacial score (nSPS) is 16.0. The number of nitrogens with one attached hydrogen (secondary N) is 3. The van der Waals surface area contributed by atoms with E-state index in [1.54, 1.807) is 13.8 Å². The molecule has 1 fully saturated rings. The second-order valence-electron chi connectivity index (χ2n) is 9.34. The van der Waals surface area contributed by atoms with Crippen molar-refractivity contribution in [3.05, 3.63) is 59.7 Å². The Bertz CT molecular complexity index is 1110. The maximum Gasteiger partial charge on any atom is 0.407 e. The second-order valence-corrected chi connectivity index (χ2v) is 9.34. The van der Waals surface area contributed by atoms with Crippen LogP contribution in [0.4, 0.5) is 4.79 Å². The quantitative estimate of drug-likeness (QED) is 0.436. The number of fused-ring (bicyclic) bond motifs is 3. The van der Waals surface area contributed by atoms with Gasteiger partial charge in [0.05, 0.1) is 6.54 Å². The van der Waals surface area contributed by atoms with Crippen LogP contribution in [0.25, 0.3) is 11.1 Å². The smallest absolute Gasteiger partial charge is 0.407 e. The molecule has 0 spiro atoms. The van der Waals surface area contributed by atoms with Crippen LogP contribution in [-0.2, 0) is 19.1 Å². The molecule has 0 heterocycles.